The first kappa shape index (κ1) is 19.0. The summed E-state index contributed by atoms with van der Waals surface area (Å²) in [5.41, 5.74) is 3.93. The molecule has 1 atom stereocenters. The zero-order chi connectivity index (χ0) is 20.4. The first-order valence-electron chi connectivity index (χ1n) is 9.35. The molecule has 7 heteroatoms. The van der Waals surface area contributed by atoms with Gasteiger partial charge in [-0.1, -0.05) is 30.3 Å². The second kappa shape index (κ2) is 7.97. The van der Waals surface area contributed by atoms with Gasteiger partial charge in [-0.05, 0) is 12.1 Å². The molecule has 1 aromatic heterocycles. The van der Waals surface area contributed by atoms with Crippen molar-refractivity contribution in [3.63, 3.8) is 0 Å². The van der Waals surface area contributed by atoms with Crippen LogP contribution in [-0.2, 0) is 4.74 Å². The van der Waals surface area contributed by atoms with Gasteiger partial charge in [0, 0.05) is 36.4 Å². The van der Waals surface area contributed by atoms with Crippen LogP contribution in [-0.4, -0.2) is 55.5 Å². The number of carbonyl (C=O) groups is 1. The van der Waals surface area contributed by atoms with Crippen molar-refractivity contribution in [1.29, 1.82) is 0 Å². The molecule has 0 saturated carbocycles. The number of aromatic amines is 1. The number of ether oxygens (including phenoxy) is 3. The number of amides is 1. The van der Waals surface area contributed by atoms with Crippen LogP contribution in [0.2, 0.25) is 0 Å². The van der Waals surface area contributed by atoms with E-state index < -0.39 is 0 Å². The molecule has 1 N–H and O–H groups in total. The molecule has 3 aromatic rings. The molecule has 0 spiro atoms. The van der Waals surface area contributed by atoms with Gasteiger partial charge in [0.25, 0.3) is 5.91 Å². The van der Waals surface area contributed by atoms with Gasteiger partial charge in [-0.25, -0.2) is 0 Å². The molecule has 29 heavy (non-hydrogen) atoms. The van der Waals surface area contributed by atoms with E-state index in [-0.39, 0.29) is 11.9 Å². The summed E-state index contributed by atoms with van der Waals surface area (Å²) in [6, 6.07) is 15.1. The second-order valence-electron chi connectivity index (χ2n) is 6.73. The maximum atomic E-state index is 13.2. The predicted octanol–water partition coefficient (Wildman–Crippen LogP) is 3.29. The van der Waals surface area contributed by atoms with Crippen molar-refractivity contribution >= 4 is 5.91 Å². The highest BCUT2D eigenvalue weighted by atomic mass is 16.5. The van der Waals surface area contributed by atoms with Crippen molar-refractivity contribution in [1.82, 2.24) is 15.1 Å². The minimum absolute atomic E-state index is 0.102. The molecular formula is C22H23N3O4. The number of aromatic nitrogens is 2. The maximum absolute atomic E-state index is 13.2. The van der Waals surface area contributed by atoms with E-state index in [2.05, 4.69) is 10.2 Å². The average Bonchev–Trinajstić information content (AvgIpc) is 3.31. The molecule has 1 unspecified atom stereocenters. The van der Waals surface area contributed by atoms with E-state index in [4.69, 9.17) is 14.2 Å². The number of H-pyrrole nitrogens is 1. The summed E-state index contributed by atoms with van der Waals surface area (Å²) >= 11 is 0. The Morgan fingerprint density at radius 2 is 1.86 bits per heavy atom. The highest BCUT2D eigenvalue weighted by molar-refractivity contribution is 6.00. The minimum atomic E-state index is -0.345. The number of nitrogens with zero attached hydrogens (tertiary/aromatic N) is 2. The zero-order valence-corrected chi connectivity index (χ0v) is 16.6. The molecule has 150 valence electrons. The molecule has 0 radical (unpaired) electrons. The van der Waals surface area contributed by atoms with Crippen LogP contribution in [0.15, 0.2) is 48.5 Å². The summed E-state index contributed by atoms with van der Waals surface area (Å²) in [7, 11) is 4.85. The number of methoxy groups -OCH3 is 3. The lowest BCUT2D eigenvalue weighted by atomic mass is 9.95. The zero-order valence-electron chi connectivity index (χ0n) is 16.6. The number of fused-ring (bicyclic) bond motifs is 1. The van der Waals surface area contributed by atoms with Crippen LogP contribution in [0, 0.1) is 0 Å². The normalized spacial score (nSPS) is 15.5. The maximum Gasteiger partial charge on any atom is 0.273 e. The van der Waals surface area contributed by atoms with Crippen LogP contribution in [0.25, 0.3) is 11.3 Å². The third kappa shape index (κ3) is 3.23. The van der Waals surface area contributed by atoms with Gasteiger partial charge in [0.15, 0.2) is 0 Å². The summed E-state index contributed by atoms with van der Waals surface area (Å²) in [6.45, 7) is 0.880. The lowest BCUT2D eigenvalue weighted by Gasteiger charge is -2.27. The van der Waals surface area contributed by atoms with Crippen LogP contribution in [0.4, 0.5) is 0 Å². The lowest BCUT2D eigenvalue weighted by molar-refractivity contribution is 0.0676. The van der Waals surface area contributed by atoms with E-state index in [1.807, 2.05) is 48.5 Å². The summed E-state index contributed by atoms with van der Waals surface area (Å²) in [4.78, 5) is 15.0. The fourth-order valence-corrected chi connectivity index (χ4v) is 3.80. The average molecular weight is 393 g/mol. The van der Waals surface area contributed by atoms with Crippen molar-refractivity contribution in [2.45, 2.75) is 6.04 Å². The number of carbonyl (C=O) groups excluding carboxylic acids is 1. The summed E-state index contributed by atoms with van der Waals surface area (Å²) in [6.07, 6.45) is 0. The van der Waals surface area contributed by atoms with Crippen LogP contribution in [0.3, 0.4) is 0 Å². The van der Waals surface area contributed by atoms with Gasteiger partial charge in [0.1, 0.15) is 17.2 Å². The van der Waals surface area contributed by atoms with Crippen molar-refractivity contribution in [2.75, 3.05) is 34.5 Å². The molecule has 0 fully saturated rings. The molecule has 0 saturated heterocycles. The summed E-state index contributed by atoms with van der Waals surface area (Å²) in [5.74, 6) is 1.24. The standard InChI is InChI=1S/C22H23N3O4/c1-27-12-11-25-21(16-10-9-15(28-2)13-17(16)29-3)18-19(14-7-5-4-6-8-14)23-24-20(18)22(25)26/h4-10,13,21H,11-12H2,1-3H3,(H,23,24). The third-order valence-electron chi connectivity index (χ3n) is 5.18. The van der Waals surface area contributed by atoms with Crippen LogP contribution in [0.5, 0.6) is 11.5 Å². The van der Waals surface area contributed by atoms with Gasteiger partial charge in [0.05, 0.1) is 32.6 Å². The molecule has 1 amide bonds. The second-order valence-corrected chi connectivity index (χ2v) is 6.73. The number of rotatable bonds is 7. The van der Waals surface area contributed by atoms with E-state index in [1.54, 1.807) is 26.2 Å². The highest BCUT2D eigenvalue weighted by Gasteiger charge is 2.43. The van der Waals surface area contributed by atoms with Crippen molar-refractivity contribution in [2.24, 2.45) is 0 Å². The fourth-order valence-electron chi connectivity index (χ4n) is 3.80. The highest BCUT2D eigenvalue weighted by Crippen LogP contribution is 2.45. The fraction of sp³-hybridized carbons (Fsp3) is 0.273. The van der Waals surface area contributed by atoms with Crippen molar-refractivity contribution < 1.29 is 19.0 Å². The molecule has 7 nitrogen and oxygen atoms in total. The Hall–Kier alpha value is -3.32. The molecule has 1 aliphatic rings. The first-order chi connectivity index (χ1) is 14.2. The molecule has 2 heterocycles. The van der Waals surface area contributed by atoms with Crippen LogP contribution in [0.1, 0.15) is 27.7 Å². The van der Waals surface area contributed by atoms with E-state index in [0.717, 1.165) is 22.4 Å². The number of benzene rings is 2. The Morgan fingerprint density at radius 3 is 2.55 bits per heavy atom. The van der Waals surface area contributed by atoms with Gasteiger partial charge in [0.2, 0.25) is 0 Å². The smallest absolute Gasteiger partial charge is 0.273 e. The van der Waals surface area contributed by atoms with Crippen LogP contribution >= 0.6 is 0 Å². The number of hydrogen-bond donors (Lipinski definition) is 1. The van der Waals surface area contributed by atoms with Gasteiger partial charge in [-0.3, -0.25) is 9.89 Å². The Balaban J connectivity index is 1.89. The molecule has 1 aliphatic heterocycles. The quantitative estimate of drug-likeness (QED) is 0.667. The van der Waals surface area contributed by atoms with Gasteiger partial charge >= 0.3 is 0 Å². The Morgan fingerprint density at radius 1 is 1.07 bits per heavy atom. The van der Waals surface area contributed by atoms with E-state index >= 15 is 0 Å². The predicted molar refractivity (Wildman–Crippen MR) is 108 cm³/mol. The Bertz CT molecular complexity index is 1020. The largest absolute Gasteiger partial charge is 0.497 e. The van der Waals surface area contributed by atoms with E-state index in [1.165, 1.54) is 0 Å². The molecular weight excluding hydrogens is 370 g/mol. The lowest BCUT2D eigenvalue weighted by Crippen LogP contribution is -2.32. The number of nitrogens with one attached hydrogen (secondary N) is 1. The Labute approximate surface area is 169 Å². The summed E-state index contributed by atoms with van der Waals surface area (Å²) in [5, 5.41) is 7.42. The van der Waals surface area contributed by atoms with Crippen LogP contribution < -0.4 is 9.47 Å². The Kier molecular flexibility index (Phi) is 5.22. The molecule has 0 aliphatic carbocycles. The van der Waals surface area contributed by atoms with Gasteiger partial charge in [-0.2, -0.15) is 5.10 Å². The molecule has 0 bridgehead atoms. The summed E-state index contributed by atoms with van der Waals surface area (Å²) < 4.78 is 16.2. The SMILES string of the molecule is COCCN1C(=O)c2[nH]nc(-c3ccccc3)c2C1c1ccc(OC)cc1OC. The van der Waals surface area contributed by atoms with Crippen molar-refractivity contribution in [3.8, 4) is 22.8 Å². The van der Waals surface area contributed by atoms with Gasteiger partial charge in [-0.15, -0.1) is 0 Å². The van der Waals surface area contributed by atoms with Gasteiger partial charge < -0.3 is 19.1 Å². The number of hydrogen-bond acceptors (Lipinski definition) is 5. The van der Waals surface area contributed by atoms with Crippen molar-refractivity contribution in [3.05, 3.63) is 65.4 Å². The molecule has 4 rings (SSSR count). The first-order valence-corrected chi connectivity index (χ1v) is 9.35. The minimum Gasteiger partial charge on any atom is -0.497 e. The monoisotopic (exact) mass is 393 g/mol. The van der Waals surface area contributed by atoms with E-state index in [9.17, 15) is 4.79 Å². The van der Waals surface area contributed by atoms with E-state index in [0.29, 0.717) is 30.3 Å². The molecule has 2 aromatic carbocycles. The third-order valence-corrected chi connectivity index (χ3v) is 5.18. The topological polar surface area (TPSA) is 76.7 Å².